The van der Waals surface area contributed by atoms with E-state index < -0.39 is 12.6 Å². The van der Waals surface area contributed by atoms with Gasteiger partial charge in [-0.05, 0) is 60.7 Å². The molecule has 1 atom stereocenters. The lowest BCUT2D eigenvalue weighted by Crippen LogP contribution is -2.27. The van der Waals surface area contributed by atoms with Gasteiger partial charge in [0.25, 0.3) is 5.91 Å². The highest BCUT2D eigenvalue weighted by atomic mass is 32.2. The fourth-order valence-electron chi connectivity index (χ4n) is 3.17. The van der Waals surface area contributed by atoms with Crippen LogP contribution in [-0.2, 0) is 9.59 Å². The molecule has 0 spiro atoms. The second kappa shape index (κ2) is 10.7. The maximum Gasteiger partial charge on any atom is 0.341 e. The topological polar surface area (TPSA) is 76.1 Å². The Hall–Kier alpha value is -2.84. The van der Waals surface area contributed by atoms with Gasteiger partial charge in [0.15, 0.2) is 22.4 Å². The number of ether oxygens (including phenoxy) is 2. The van der Waals surface area contributed by atoms with Gasteiger partial charge in [-0.25, -0.2) is 4.79 Å². The standard InChI is InChI=1S/C24H25NO5S2/c1-4-15(3)17-7-9-18(10-8-17)25-23(28)21(32-24(25)31)13-16-6-11-19(30-14-22(26)27)20(12-16)29-5-2/h6-13,15H,4-5,14H2,1-3H3,(H,26,27)/b21-13+. The molecule has 0 saturated carbocycles. The lowest BCUT2D eigenvalue weighted by Gasteiger charge is -2.16. The van der Waals surface area contributed by atoms with E-state index in [0.717, 1.165) is 17.7 Å². The van der Waals surface area contributed by atoms with Gasteiger partial charge in [0.2, 0.25) is 0 Å². The van der Waals surface area contributed by atoms with Gasteiger partial charge in [-0.2, -0.15) is 0 Å². The molecule has 0 bridgehead atoms. The first-order chi connectivity index (χ1) is 15.3. The van der Waals surface area contributed by atoms with E-state index >= 15 is 0 Å². The number of benzene rings is 2. The summed E-state index contributed by atoms with van der Waals surface area (Å²) in [5, 5.41) is 8.84. The lowest BCUT2D eigenvalue weighted by molar-refractivity contribution is -0.139. The third-order valence-corrected chi connectivity index (χ3v) is 6.35. The van der Waals surface area contributed by atoms with Gasteiger partial charge in [-0.1, -0.05) is 56.0 Å². The molecule has 3 rings (SSSR count). The summed E-state index contributed by atoms with van der Waals surface area (Å²) in [6.45, 7) is 6.07. The predicted molar refractivity (Wildman–Crippen MR) is 132 cm³/mol. The normalized spacial score (nSPS) is 15.8. The number of hydrogen-bond acceptors (Lipinski definition) is 6. The van der Waals surface area contributed by atoms with Crippen molar-refractivity contribution in [3.05, 3.63) is 58.5 Å². The van der Waals surface area contributed by atoms with Crippen LogP contribution in [0, 0.1) is 0 Å². The Morgan fingerprint density at radius 2 is 1.88 bits per heavy atom. The van der Waals surface area contributed by atoms with Crippen molar-refractivity contribution in [2.45, 2.75) is 33.1 Å². The smallest absolute Gasteiger partial charge is 0.341 e. The Bertz CT molecular complexity index is 1050. The number of carbonyl (C=O) groups is 2. The second-order valence-electron chi connectivity index (χ2n) is 7.24. The van der Waals surface area contributed by atoms with E-state index in [1.807, 2.05) is 31.2 Å². The molecule has 0 aromatic heterocycles. The van der Waals surface area contributed by atoms with Crippen molar-refractivity contribution in [2.75, 3.05) is 18.1 Å². The summed E-state index contributed by atoms with van der Waals surface area (Å²) in [6, 6.07) is 13.0. The van der Waals surface area contributed by atoms with Gasteiger partial charge in [-0.3, -0.25) is 9.69 Å². The number of aliphatic carboxylic acids is 1. The first kappa shape index (κ1) is 23.8. The van der Waals surface area contributed by atoms with Crippen LogP contribution >= 0.6 is 24.0 Å². The Labute approximate surface area is 197 Å². The highest BCUT2D eigenvalue weighted by molar-refractivity contribution is 8.27. The van der Waals surface area contributed by atoms with E-state index in [4.69, 9.17) is 26.8 Å². The zero-order chi connectivity index (χ0) is 23.3. The Morgan fingerprint density at radius 1 is 1.16 bits per heavy atom. The van der Waals surface area contributed by atoms with E-state index in [1.165, 1.54) is 17.3 Å². The summed E-state index contributed by atoms with van der Waals surface area (Å²) in [4.78, 5) is 25.9. The van der Waals surface area contributed by atoms with E-state index in [-0.39, 0.29) is 5.91 Å². The van der Waals surface area contributed by atoms with Crippen molar-refractivity contribution in [1.82, 2.24) is 0 Å². The molecule has 2 aromatic carbocycles. The van der Waals surface area contributed by atoms with Gasteiger partial charge < -0.3 is 14.6 Å². The summed E-state index contributed by atoms with van der Waals surface area (Å²) in [5.41, 5.74) is 2.70. The minimum atomic E-state index is -1.07. The number of anilines is 1. The zero-order valence-electron chi connectivity index (χ0n) is 18.2. The van der Waals surface area contributed by atoms with E-state index in [2.05, 4.69) is 13.8 Å². The van der Waals surface area contributed by atoms with Crippen LogP contribution in [0.25, 0.3) is 6.08 Å². The number of thiocarbonyl (C=S) groups is 1. The number of amides is 1. The lowest BCUT2D eigenvalue weighted by atomic mass is 9.98. The maximum absolute atomic E-state index is 13.1. The van der Waals surface area contributed by atoms with Gasteiger partial charge >= 0.3 is 5.97 Å². The first-order valence-electron chi connectivity index (χ1n) is 10.3. The van der Waals surface area contributed by atoms with Crippen LogP contribution in [0.15, 0.2) is 47.4 Å². The molecule has 32 heavy (non-hydrogen) atoms. The first-order valence-corrected chi connectivity index (χ1v) is 11.6. The van der Waals surface area contributed by atoms with Gasteiger partial charge in [0.05, 0.1) is 17.2 Å². The molecule has 1 unspecified atom stereocenters. The Balaban J connectivity index is 1.83. The second-order valence-corrected chi connectivity index (χ2v) is 8.92. The molecular formula is C24H25NO5S2. The quantitative estimate of drug-likeness (QED) is 0.384. The average Bonchev–Trinajstić information content (AvgIpc) is 3.05. The molecule has 2 aromatic rings. The number of nitrogens with zero attached hydrogens (tertiary/aromatic N) is 1. The Morgan fingerprint density at radius 3 is 2.50 bits per heavy atom. The van der Waals surface area contributed by atoms with Crippen LogP contribution < -0.4 is 14.4 Å². The maximum atomic E-state index is 13.1. The number of thioether (sulfide) groups is 1. The number of rotatable bonds is 9. The number of carboxylic acids is 1. The summed E-state index contributed by atoms with van der Waals surface area (Å²) < 4.78 is 11.3. The van der Waals surface area contributed by atoms with Crippen molar-refractivity contribution in [1.29, 1.82) is 0 Å². The highest BCUT2D eigenvalue weighted by Crippen LogP contribution is 2.37. The minimum Gasteiger partial charge on any atom is -0.490 e. The van der Waals surface area contributed by atoms with Crippen molar-refractivity contribution in [2.24, 2.45) is 0 Å². The van der Waals surface area contributed by atoms with Crippen LogP contribution in [0.2, 0.25) is 0 Å². The SMILES string of the molecule is CCOc1cc(/C=C2/SC(=S)N(c3ccc(C(C)CC)cc3)C2=O)ccc1OCC(=O)O. The summed E-state index contributed by atoms with van der Waals surface area (Å²) >= 11 is 6.72. The molecule has 1 amide bonds. The zero-order valence-corrected chi connectivity index (χ0v) is 19.8. The third kappa shape index (κ3) is 5.49. The molecule has 1 aliphatic heterocycles. The predicted octanol–water partition coefficient (Wildman–Crippen LogP) is 5.47. The fraction of sp³-hybridized carbons (Fsp3) is 0.292. The van der Waals surface area contributed by atoms with Crippen LogP contribution in [0.4, 0.5) is 5.69 Å². The van der Waals surface area contributed by atoms with Crippen LogP contribution in [0.1, 0.15) is 44.2 Å². The van der Waals surface area contributed by atoms with Crippen LogP contribution in [0.3, 0.4) is 0 Å². The van der Waals surface area contributed by atoms with E-state index in [0.29, 0.717) is 33.2 Å². The highest BCUT2D eigenvalue weighted by Gasteiger charge is 2.33. The molecule has 1 saturated heterocycles. The fourth-order valence-corrected chi connectivity index (χ4v) is 4.47. The molecule has 8 heteroatoms. The van der Waals surface area contributed by atoms with Crippen LogP contribution in [-0.4, -0.2) is 34.5 Å². The van der Waals surface area contributed by atoms with Gasteiger partial charge in [0, 0.05) is 0 Å². The van der Waals surface area contributed by atoms with Crippen molar-refractivity contribution >= 4 is 51.9 Å². The summed E-state index contributed by atoms with van der Waals surface area (Å²) in [7, 11) is 0. The average molecular weight is 472 g/mol. The molecule has 1 N–H and O–H groups in total. The Kier molecular flexibility index (Phi) is 7.93. The summed E-state index contributed by atoms with van der Waals surface area (Å²) in [6.07, 6.45) is 2.79. The molecule has 0 aliphatic carbocycles. The third-order valence-electron chi connectivity index (χ3n) is 5.04. The molecule has 6 nitrogen and oxygen atoms in total. The van der Waals surface area contributed by atoms with Crippen molar-refractivity contribution in [3.63, 3.8) is 0 Å². The largest absolute Gasteiger partial charge is 0.490 e. The molecular weight excluding hydrogens is 446 g/mol. The molecule has 1 heterocycles. The van der Waals surface area contributed by atoms with Crippen LogP contribution in [0.5, 0.6) is 11.5 Å². The van der Waals surface area contributed by atoms with Gasteiger partial charge in [-0.15, -0.1) is 0 Å². The number of hydrogen-bond donors (Lipinski definition) is 1. The minimum absolute atomic E-state index is 0.180. The summed E-state index contributed by atoms with van der Waals surface area (Å²) in [5.74, 6) is -0.0473. The molecule has 1 fully saturated rings. The van der Waals surface area contributed by atoms with Gasteiger partial charge in [0.1, 0.15) is 0 Å². The molecule has 1 aliphatic rings. The van der Waals surface area contributed by atoms with Crippen molar-refractivity contribution in [3.8, 4) is 11.5 Å². The monoisotopic (exact) mass is 471 g/mol. The molecule has 0 radical (unpaired) electrons. The number of carboxylic acid groups (broad SMARTS) is 1. The van der Waals surface area contributed by atoms with E-state index in [1.54, 1.807) is 29.2 Å². The van der Waals surface area contributed by atoms with E-state index in [9.17, 15) is 9.59 Å². The van der Waals surface area contributed by atoms with Crippen molar-refractivity contribution < 1.29 is 24.2 Å². The molecule has 168 valence electrons. The number of carbonyl (C=O) groups excluding carboxylic acids is 1.